The molecule has 0 bridgehead atoms. The molecule has 0 radical (unpaired) electrons. The van der Waals surface area contributed by atoms with Crippen LogP contribution in [0.1, 0.15) is 5.56 Å². The predicted molar refractivity (Wildman–Crippen MR) is 62.7 cm³/mol. The van der Waals surface area contributed by atoms with Gasteiger partial charge in [0, 0.05) is 19.6 Å². The maximum absolute atomic E-state index is 5.30. The van der Waals surface area contributed by atoms with E-state index in [1.54, 1.807) is 0 Å². The highest BCUT2D eigenvalue weighted by molar-refractivity contribution is 5.48. The van der Waals surface area contributed by atoms with Crippen LogP contribution in [-0.2, 0) is 4.74 Å². The van der Waals surface area contributed by atoms with Gasteiger partial charge in [0.15, 0.2) is 0 Å². The van der Waals surface area contributed by atoms with E-state index in [-0.39, 0.29) is 0 Å². The van der Waals surface area contributed by atoms with Crippen molar-refractivity contribution in [1.82, 2.24) is 4.90 Å². The SMILES string of the molecule is C(=Cc1ccccc1)CN1CCOCC1. The smallest absolute Gasteiger partial charge is 0.0594 e. The van der Waals surface area contributed by atoms with Crippen LogP contribution in [0.15, 0.2) is 36.4 Å². The van der Waals surface area contributed by atoms with E-state index in [4.69, 9.17) is 4.74 Å². The fourth-order valence-electron chi connectivity index (χ4n) is 1.69. The van der Waals surface area contributed by atoms with Crippen LogP contribution in [0.4, 0.5) is 0 Å². The first-order valence-electron chi connectivity index (χ1n) is 5.47. The third-order valence-corrected chi connectivity index (χ3v) is 2.58. The average Bonchev–Trinajstić information content (AvgIpc) is 2.32. The minimum Gasteiger partial charge on any atom is -0.379 e. The number of nitrogens with zero attached hydrogens (tertiary/aromatic N) is 1. The number of hydrogen-bond acceptors (Lipinski definition) is 2. The van der Waals surface area contributed by atoms with Crippen LogP contribution >= 0.6 is 0 Å². The first-order chi connectivity index (χ1) is 7.45. The molecule has 1 saturated heterocycles. The highest BCUT2D eigenvalue weighted by Gasteiger charge is 2.07. The maximum Gasteiger partial charge on any atom is 0.0594 e. The van der Waals surface area contributed by atoms with Crippen molar-refractivity contribution in [2.45, 2.75) is 0 Å². The Hall–Kier alpha value is -1.12. The first kappa shape index (κ1) is 10.4. The van der Waals surface area contributed by atoms with E-state index in [1.807, 2.05) is 6.07 Å². The molecule has 1 aliphatic rings. The van der Waals surface area contributed by atoms with Crippen molar-refractivity contribution in [2.24, 2.45) is 0 Å². The van der Waals surface area contributed by atoms with Gasteiger partial charge in [-0.15, -0.1) is 0 Å². The van der Waals surface area contributed by atoms with E-state index < -0.39 is 0 Å². The van der Waals surface area contributed by atoms with Crippen LogP contribution in [0, 0.1) is 0 Å². The van der Waals surface area contributed by atoms with Gasteiger partial charge in [-0.05, 0) is 5.56 Å². The zero-order valence-electron chi connectivity index (χ0n) is 8.93. The molecule has 0 unspecified atom stereocenters. The summed E-state index contributed by atoms with van der Waals surface area (Å²) in [4.78, 5) is 2.41. The molecule has 0 saturated carbocycles. The van der Waals surface area contributed by atoms with Gasteiger partial charge in [0.1, 0.15) is 0 Å². The number of benzene rings is 1. The summed E-state index contributed by atoms with van der Waals surface area (Å²) in [6.07, 6.45) is 4.40. The van der Waals surface area contributed by atoms with Crippen molar-refractivity contribution < 1.29 is 4.74 Å². The minimum atomic E-state index is 0.874. The van der Waals surface area contributed by atoms with Crippen LogP contribution in [0.2, 0.25) is 0 Å². The molecular weight excluding hydrogens is 186 g/mol. The van der Waals surface area contributed by atoms with Crippen LogP contribution in [0.25, 0.3) is 6.08 Å². The molecule has 1 fully saturated rings. The van der Waals surface area contributed by atoms with Crippen LogP contribution in [0.3, 0.4) is 0 Å². The second-order valence-corrected chi connectivity index (χ2v) is 3.73. The van der Waals surface area contributed by atoms with E-state index in [0.29, 0.717) is 0 Å². The summed E-state index contributed by atoms with van der Waals surface area (Å²) in [5, 5.41) is 0. The van der Waals surface area contributed by atoms with Gasteiger partial charge in [0.2, 0.25) is 0 Å². The van der Waals surface area contributed by atoms with Crippen molar-refractivity contribution in [3.8, 4) is 0 Å². The Bertz CT molecular complexity index is 302. The van der Waals surface area contributed by atoms with E-state index in [0.717, 1.165) is 32.8 Å². The predicted octanol–water partition coefficient (Wildman–Crippen LogP) is 2.03. The summed E-state index contributed by atoms with van der Waals surface area (Å²) in [6, 6.07) is 10.4. The van der Waals surface area contributed by atoms with E-state index in [2.05, 4.69) is 41.3 Å². The van der Waals surface area contributed by atoms with E-state index in [9.17, 15) is 0 Å². The molecule has 2 heteroatoms. The quantitative estimate of drug-likeness (QED) is 0.745. The van der Waals surface area contributed by atoms with E-state index >= 15 is 0 Å². The van der Waals surface area contributed by atoms with Gasteiger partial charge < -0.3 is 4.74 Å². The lowest BCUT2D eigenvalue weighted by Gasteiger charge is -2.25. The summed E-state index contributed by atoms with van der Waals surface area (Å²) in [5.74, 6) is 0. The molecule has 1 aromatic rings. The Kier molecular flexibility index (Phi) is 3.94. The number of morpholine rings is 1. The molecular formula is C13H17NO. The normalized spacial score (nSPS) is 18.4. The first-order valence-corrected chi connectivity index (χ1v) is 5.47. The Morgan fingerprint density at radius 1 is 1.13 bits per heavy atom. The Labute approximate surface area is 91.2 Å². The van der Waals surface area contributed by atoms with Gasteiger partial charge in [-0.2, -0.15) is 0 Å². The minimum absolute atomic E-state index is 0.874. The van der Waals surface area contributed by atoms with Gasteiger partial charge in [-0.1, -0.05) is 42.5 Å². The van der Waals surface area contributed by atoms with Crippen LogP contribution in [0.5, 0.6) is 0 Å². The second kappa shape index (κ2) is 5.69. The summed E-state index contributed by atoms with van der Waals surface area (Å²) in [5.41, 5.74) is 1.27. The van der Waals surface area contributed by atoms with Crippen molar-refractivity contribution in [1.29, 1.82) is 0 Å². The number of ether oxygens (including phenoxy) is 1. The molecule has 0 N–H and O–H groups in total. The molecule has 15 heavy (non-hydrogen) atoms. The van der Waals surface area contributed by atoms with Gasteiger partial charge in [0.25, 0.3) is 0 Å². The van der Waals surface area contributed by atoms with Gasteiger partial charge in [-0.3, -0.25) is 4.90 Å². The van der Waals surface area contributed by atoms with Crippen LogP contribution < -0.4 is 0 Å². The summed E-state index contributed by atoms with van der Waals surface area (Å²) < 4.78 is 5.30. The lowest BCUT2D eigenvalue weighted by Crippen LogP contribution is -2.36. The molecule has 0 atom stereocenters. The average molecular weight is 203 g/mol. The zero-order valence-corrected chi connectivity index (χ0v) is 8.93. The fraction of sp³-hybridized carbons (Fsp3) is 0.385. The van der Waals surface area contributed by atoms with E-state index in [1.165, 1.54) is 5.56 Å². The number of hydrogen-bond donors (Lipinski definition) is 0. The van der Waals surface area contributed by atoms with Crippen molar-refractivity contribution in [3.05, 3.63) is 42.0 Å². The highest BCUT2D eigenvalue weighted by atomic mass is 16.5. The van der Waals surface area contributed by atoms with Crippen molar-refractivity contribution in [3.63, 3.8) is 0 Å². The Balaban J connectivity index is 1.79. The second-order valence-electron chi connectivity index (χ2n) is 3.73. The molecule has 0 aromatic heterocycles. The lowest BCUT2D eigenvalue weighted by atomic mass is 10.2. The summed E-state index contributed by atoms with van der Waals surface area (Å²) >= 11 is 0. The lowest BCUT2D eigenvalue weighted by molar-refractivity contribution is 0.0435. The number of rotatable bonds is 3. The largest absolute Gasteiger partial charge is 0.379 e. The van der Waals surface area contributed by atoms with Crippen LogP contribution in [-0.4, -0.2) is 37.7 Å². The van der Waals surface area contributed by atoms with Crippen molar-refractivity contribution >= 4 is 6.08 Å². The van der Waals surface area contributed by atoms with Gasteiger partial charge in [0.05, 0.1) is 13.2 Å². The summed E-state index contributed by atoms with van der Waals surface area (Å²) in [7, 11) is 0. The Morgan fingerprint density at radius 3 is 2.60 bits per heavy atom. The molecule has 0 spiro atoms. The molecule has 1 heterocycles. The topological polar surface area (TPSA) is 12.5 Å². The summed E-state index contributed by atoms with van der Waals surface area (Å²) in [6.45, 7) is 4.88. The molecule has 1 aromatic carbocycles. The van der Waals surface area contributed by atoms with Gasteiger partial charge >= 0.3 is 0 Å². The molecule has 2 nitrogen and oxygen atoms in total. The molecule has 0 aliphatic carbocycles. The maximum atomic E-state index is 5.30. The van der Waals surface area contributed by atoms with Crippen molar-refractivity contribution in [2.75, 3.05) is 32.8 Å². The molecule has 1 aliphatic heterocycles. The third-order valence-electron chi connectivity index (χ3n) is 2.58. The third kappa shape index (κ3) is 3.50. The Morgan fingerprint density at radius 2 is 1.87 bits per heavy atom. The highest BCUT2D eigenvalue weighted by Crippen LogP contribution is 2.02. The monoisotopic (exact) mass is 203 g/mol. The standard InChI is InChI=1S/C13H17NO/c1-2-5-13(6-3-1)7-4-8-14-9-11-15-12-10-14/h1-7H,8-12H2. The molecule has 0 amide bonds. The fourth-order valence-corrected chi connectivity index (χ4v) is 1.69. The molecule has 2 rings (SSSR count). The molecule has 80 valence electrons. The van der Waals surface area contributed by atoms with Gasteiger partial charge in [-0.25, -0.2) is 0 Å². The zero-order chi connectivity index (χ0) is 10.3.